The van der Waals surface area contributed by atoms with Gasteiger partial charge in [-0.15, -0.1) is 0 Å². The minimum Gasteiger partial charge on any atom is -0.462 e. The molecule has 0 aromatic rings. The highest BCUT2D eigenvalue weighted by Gasteiger charge is 2.87. The molecule has 7 bridgehead atoms. The number of esters is 2. The normalized spacial score (nSPS) is 53.2. The second-order valence-electron chi connectivity index (χ2n) is 12.7. The Kier molecular flexibility index (Phi) is 6.05. The Hall–Kier alpha value is -1.26. The van der Waals surface area contributed by atoms with Crippen LogP contribution in [0, 0.1) is 40.4 Å². The summed E-state index contributed by atoms with van der Waals surface area (Å²) in [5.74, 6) is -1.05. The first-order valence-electron chi connectivity index (χ1n) is 14.0. The van der Waals surface area contributed by atoms with Gasteiger partial charge in [-0.3, -0.25) is 14.5 Å². The molecule has 6 rings (SSSR count). The van der Waals surface area contributed by atoms with Crippen LogP contribution < -0.4 is 0 Å². The monoisotopic (exact) mass is 521 g/mol. The van der Waals surface area contributed by atoms with Gasteiger partial charge in [0.2, 0.25) is 0 Å². The van der Waals surface area contributed by atoms with Gasteiger partial charge in [0.25, 0.3) is 0 Å². The number of aliphatic hydroxyl groups excluding tert-OH is 1. The van der Waals surface area contributed by atoms with Gasteiger partial charge in [0.05, 0.1) is 24.9 Å². The van der Waals surface area contributed by atoms with E-state index < -0.39 is 23.2 Å². The fraction of sp³-hybridized carbons (Fsp3) is 0.929. The second kappa shape index (κ2) is 8.62. The number of likely N-dealkylation sites (tertiary alicyclic amines) is 1. The molecule has 5 aliphatic carbocycles. The van der Waals surface area contributed by atoms with Crippen molar-refractivity contribution in [1.82, 2.24) is 4.90 Å². The molecule has 0 aromatic carbocycles. The van der Waals surface area contributed by atoms with Crippen molar-refractivity contribution >= 4 is 11.9 Å². The Morgan fingerprint density at radius 1 is 1.05 bits per heavy atom. The summed E-state index contributed by atoms with van der Waals surface area (Å²) in [6.45, 7) is 7.38. The number of fused-ring (bicyclic) bond motifs is 2. The molecule has 9 heteroatoms. The summed E-state index contributed by atoms with van der Waals surface area (Å²) in [6, 6.07) is -0.0133. The van der Waals surface area contributed by atoms with E-state index in [4.69, 9.17) is 23.7 Å². The van der Waals surface area contributed by atoms with Crippen LogP contribution in [0.15, 0.2) is 0 Å². The highest BCUT2D eigenvalue weighted by molar-refractivity contribution is 5.68. The molecule has 13 atom stereocenters. The molecule has 0 aromatic heterocycles. The maximum atomic E-state index is 12.9. The minimum absolute atomic E-state index is 0.00590. The molecule has 1 spiro atoms. The van der Waals surface area contributed by atoms with Crippen LogP contribution in [0.1, 0.15) is 46.5 Å². The lowest BCUT2D eigenvalue weighted by atomic mass is 9.43. The van der Waals surface area contributed by atoms with E-state index in [0.717, 1.165) is 25.9 Å². The van der Waals surface area contributed by atoms with Gasteiger partial charge in [0.1, 0.15) is 11.7 Å². The van der Waals surface area contributed by atoms with Crippen molar-refractivity contribution in [2.75, 3.05) is 41.0 Å². The van der Waals surface area contributed by atoms with Crippen molar-refractivity contribution in [3.05, 3.63) is 0 Å². The summed E-state index contributed by atoms with van der Waals surface area (Å²) in [4.78, 5) is 27.8. The van der Waals surface area contributed by atoms with Crippen LogP contribution in [0.2, 0.25) is 0 Å². The number of hydrogen-bond donors (Lipinski definition) is 1. The lowest BCUT2D eigenvalue weighted by Crippen LogP contribution is -2.76. The first kappa shape index (κ1) is 26.0. The number of carbonyl (C=O) groups is 2. The third kappa shape index (κ3) is 2.98. The molecule has 208 valence electrons. The van der Waals surface area contributed by atoms with Gasteiger partial charge >= 0.3 is 11.9 Å². The van der Waals surface area contributed by atoms with Crippen LogP contribution in [0.25, 0.3) is 0 Å². The van der Waals surface area contributed by atoms with E-state index in [1.165, 1.54) is 13.8 Å². The van der Waals surface area contributed by atoms with Crippen LogP contribution in [0.4, 0.5) is 0 Å². The SMILES string of the molecule is CCN1C[C@]2(COC)CC[C@H](O)[C@@]34C5C[C@@H]6[C@@H](OC)C[C@@](OC(C)=O)(C5[C@@H]6OC(C)=O)C([C@H](OC)C23)[C@@H]14. The zero-order chi connectivity index (χ0) is 26.5. The van der Waals surface area contributed by atoms with Crippen molar-refractivity contribution in [3.63, 3.8) is 0 Å². The summed E-state index contributed by atoms with van der Waals surface area (Å²) < 4.78 is 31.0. The Bertz CT molecular complexity index is 960. The van der Waals surface area contributed by atoms with Gasteiger partial charge in [0.15, 0.2) is 0 Å². The van der Waals surface area contributed by atoms with Crippen LogP contribution in [-0.2, 0) is 33.3 Å². The van der Waals surface area contributed by atoms with Crippen molar-refractivity contribution < 1.29 is 38.4 Å². The zero-order valence-corrected chi connectivity index (χ0v) is 23.0. The van der Waals surface area contributed by atoms with Gasteiger partial charge in [-0.1, -0.05) is 6.92 Å². The predicted octanol–water partition coefficient (Wildman–Crippen LogP) is 1.64. The molecule has 1 saturated heterocycles. The van der Waals surface area contributed by atoms with Gasteiger partial charge in [-0.2, -0.15) is 0 Å². The first-order chi connectivity index (χ1) is 17.7. The average Bonchev–Trinajstić information content (AvgIpc) is 3.27. The van der Waals surface area contributed by atoms with E-state index in [1.54, 1.807) is 21.3 Å². The van der Waals surface area contributed by atoms with Gasteiger partial charge < -0.3 is 28.8 Å². The molecule has 1 N–H and O–H groups in total. The summed E-state index contributed by atoms with van der Waals surface area (Å²) in [5.41, 5.74) is -1.57. The number of nitrogens with zero attached hydrogens (tertiary/aromatic N) is 1. The quantitative estimate of drug-likeness (QED) is 0.501. The highest BCUT2D eigenvalue weighted by atomic mass is 16.6. The van der Waals surface area contributed by atoms with E-state index in [1.807, 2.05) is 0 Å². The molecular formula is C28H43NO8. The molecule has 6 fully saturated rings. The van der Waals surface area contributed by atoms with Crippen LogP contribution in [0.5, 0.6) is 0 Å². The highest BCUT2D eigenvalue weighted by Crippen LogP contribution is 2.80. The van der Waals surface area contributed by atoms with Crippen molar-refractivity contribution in [2.24, 2.45) is 40.4 Å². The fourth-order valence-corrected chi connectivity index (χ4v) is 11.4. The Morgan fingerprint density at radius 3 is 2.41 bits per heavy atom. The van der Waals surface area contributed by atoms with Gasteiger partial charge in [-0.25, -0.2) is 0 Å². The van der Waals surface area contributed by atoms with Crippen LogP contribution in [0.3, 0.4) is 0 Å². The first-order valence-corrected chi connectivity index (χ1v) is 14.0. The maximum absolute atomic E-state index is 12.9. The summed E-state index contributed by atoms with van der Waals surface area (Å²) >= 11 is 0. The van der Waals surface area contributed by atoms with Gasteiger partial charge in [0, 0.05) is 88.7 Å². The topological polar surface area (TPSA) is 104 Å². The molecule has 1 heterocycles. The van der Waals surface area contributed by atoms with Gasteiger partial charge in [-0.05, 0) is 31.7 Å². The smallest absolute Gasteiger partial charge is 0.303 e. The molecule has 5 saturated carbocycles. The number of aliphatic hydroxyl groups is 1. The molecular weight excluding hydrogens is 478 g/mol. The molecule has 4 unspecified atom stereocenters. The minimum atomic E-state index is -0.922. The number of carbonyl (C=O) groups excluding carboxylic acids is 2. The third-order valence-electron chi connectivity index (χ3n) is 11.7. The fourth-order valence-electron chi connectivity index (χ4n) is 11.4. The predicted molar refractivity (Wildman–Crippen MR) is 131 cm³/mol. The molecule has 0 amide bonds. The number of hydrogen-bond acceptors (Lipinski definition) is 9. The van der Waals surface area contributed by atoms with Crippen molar-refractivity contribution in [2.45, 2.75) is 82.5 Å². The Morgan fingerprint density at radius 2 is 1.81 bits per heavy atom. The van der Waals surface area contributed by atoms with Crippen LogP contribution in [-0.4, -0.2) is 99.0 Å². The van der Waals surface area contributed by atoms with E-state index >= 15 is 0 Å². The van der Waals surface area contributed by atoms with E-state index in [9.17, 15) is 14.7 Å². The standard InChI is InChI=1S/C28H43NO8/c1-7-29-12-26(13-33-4)9-8-19(32)28-17-10-16-18(34-5)11-27(37-15(3)31,20(17)22(16)36-14(2)30)21(25(28)29)23(35-6)24(26)28/h16-25,32H,7-13H2,1-6H3/t16-,17?,18+,19+,20?,21?,22-,23+,24?,25-,26+,27-,28+/m1/s1. The Balaban J connectivity index is 1.65. The second-order valence-corrected chi connectivity index (χ2v) is 12.7. The lowest BCUT2D eigenvalue weighted by Gasteiger charge is -2.69. The molecule has 6 aliphatic rings. The summed E-state index contributed by atoms with van der Waals surface area (Å²) in [5, 5.41) is 12.1. The molecule has 0 radical (unpaired) electrons. The summed E-state index contributed by atoms with van der Waals surface area (Å²) in [7, 11) is 5.22. The van der Waals surface area contributed by atoms with E-state index in [0.29, 0.717) is 19.4 Å². The van der Waals surface area contributed by atoms with Crippen molar-refractivity contribution in [3.8, 4) is 0 Å². The number of methoxy groups -OCH3 is 3. The molecule has 37 heavy (non-hydrogen) atoms. The summed E-state index contributed by atoms with van der Waals surface area (Å²) in [6.07, 6.45) is 1.46. The van der Waals surface area contributed by atoms with E-state index in [2.05, 4.69) is 11.8 Å². The largest absolute Gasteiger partial charge is 0.462 e. The molecule has 9 nitrogen and oxygen atoms in total. The number of ether oxygens (including phenoxy) is 5. The zero-order valence-electron chi connectivity index (χ0n) is 23.0. The van der Waals surface area contributed by atoms with E-state index in [-0.39, 0.29) is 65.2 Å². The third-order valence-corrected chi connectivity index (χ3v) is 11.7. The molecule has 1 aliphatic heterocycles. The van der Waals surface area contributed by atoms with Crippen molar-refractivity contribution in [1.29, 1.82) is 0 Å². The lowest BCUT2D eigenvalue weighted by molar-refractivity contribution is -0.278. The Labute approximate surface area is 219 Å². The maximum Gasteiger partial charge on any atom is 0.303 e. The van der Waals surface area contributed by atoms with Crippen LogP contribution >= 0.6 is 0 Å². The average molecular weight is 522 g/mol. The number of piperidine rings is 1. The number of rotatable bonds is 7.